The van der Waals surface area contributed by atoms with Gasteiger partial charge in [-0.2, -0.15) is 0 Å². The molecule has 0 saturated heterocycles. The van der Waals surface area contributed by atoms with Gasteiger partial charge in [0.25, 0.3) is 5.91 Å². The number of carbonyl (C=O) groups excluding carboxylic acids is 1. The molecular formula is C8H9NO3S. The molecule has 0 saturated carbocycles. The average molecular weight is 199 g/mol. The topological polar surface area (TPSA) is 80.4 Å². The zero-order valence-corrected chi connectivity index (χ0v) is 8.07. The summed E-state index contributed by atoms with van der Waals surface area (Å²) in [4.78, 5) is 23.0. The molecule has 1 amide bonds. The normalized spacial score (nSPS) is 10.0. The lowest BCUT2D eigenvalue weighted by Gasteiger charge is -1.96. The number of primary amides is 1. The summed E-state index contributed by atoms with van der Waals surface area (Å²) in [6.07, 6.45) is 0. The smallest absolute Gasteiger partial charge is 0.337 e. The maximum Gasteiger partial charge on any atom is 0.337 e. The molecule has 0 spiro atoms. The molecule has 0 bridgehead atoms. The van der Waals surface area contributed by atoms with Gasteiger partial charge >= 0.3 is 5.97 Å². The zero-order chi connectivity index (χ0) is 10.2. The van der Waals surface area contributed by atoms with Crippen molar-refractivity contribution in [1.29, 1.82) is 0 Å². The lowest BCUT2D eigenvalue weighted by atomic mass is 10.1. The van der Waals surface area contributed by atoms with Gasteiger partial charge < -0.3 is 10.8 Å². The van der Waals surface area contributed by atoms with E-state index < -0.39 is 11.9 Å². The number of hydrogen-bond donors (Lipinski definition) is 2. The monoisotopic (exact) mass is 199 g/mol. The third-order valence-corrected chi connectivity index (χ3v) is 2.74. The number of carboxylic acid groups (broad SMARTS) is 1. The third kappa shape index (κ3) is 1.55. The molecule has 1 rings (SSSR count). The van der Waals surface area contributed by atoms with Crippen LogP contribution in [-0.2, 0) is 0 Å². The molecule has 0 fully saturated rings. The minimum Gasteiger partial charge on any atom is -0.478 e. The summed E-state index contributed by atoms with van der Waals surface area (Å²) < 4.78 is 0. The number of amides is 1. The SMILES string of the molecule is Cc1sc(C)c(C(=O)O)c1C(N)=O. The van der Waals surface area contributed by atoms with E-state index in [1.165, 1.54) is 11.3 Å². The van der Waals surface area contributed by atoms with Crippen molar-refractivity contribution in [2.75, 3.05) is 0 Å². The molecule has 1 heterocycles. The van der Waals surface area contributed by atoms with Crippen LogP contribution < -0.4 is 5.73 Å². The van der Waals surface area contributed by atoms with Crippen LogP contribution in [0.2, 0.25) is 0 Å². The van der Waals surface area contributed by atoms with Crippen molar-refractivity contribution in [3.8, 4) is 0 Å². The first-order valence-electron chi connectivity index (χ1n) is 3.58. The predicted molar refractivity (Wildman–Crippen MR) is 49.3 cm³/mol. The second-order valence-electron chi connectivity index (χ2n) is 2.63. The molecule has 0 atom stereocenters. The molecule has 1 aromatic rings. The molecule has 3 N–H and O–H groups in total. The molecule has 13 heavy (non-hydrogen) atoms. The summed E-state index contributed by atoms with van der Waals surface area (Å²) in [6.45, 7) is 3.34. The van der Waals surface area contributed by atoms with Crippen LogP contribution in [0.15, 0.2) is 0 Å². The van der Waals surface area contributed by atoms with Crippen molar-refractivity contribution in [2.45, 2.75) is 13.8 Å². The Hall–Kier alpha value is -1.36. The lowest BCUT2D eigenvalue weighted by molar-refractivity contribution is 0.0692. The van der Waals surface area contributed by atoms with Crippen molar-refractivity contribution >= 4 is 23.2 Å². The van der Waals surface area contributed by atoms with Gasteiger partial charge in [-0.3, -0.25) is 4.79 Å². The highest BCUT2D eigenvalue weighted by Gasteiger charge is 2.22. The summed E-state index contributed by atoms with van der Waals surface area (Å²) in [5, 5.41) is 8.81. The molecule has 0 unspecified atom stereocenters. The fourth-order valence-electron chi connectivity index (χ4n) is 1.24. The van der Waals surface area contributed by atoms with Crippen LogP contribution in [0.5, 0.6) is 0 Å². The van der Waals surface area contributed by atoms with E-state index in [9.17, 15) is 9.59 Å². The summed E-state index contributed by atoms with van der Waals surface area (Å²) in [5.74, 6) is -1.78. The summed E-state index contributed by atoms with van der Waals surface area (Å²) in [5.41, 5.74) is 5.24. The minimum absolute atomic E-state index is 0.0370. The molecule has 70 valence electrons. The van der Waals surface area contributed by atoms with Crippen LogP contribution >= 0.6 is 11.3 Å². The fourth-order valence-corrected chi connectivity index (χ4v) is 2.29. The first-order valence-corrected chi connectivity index (χ1v) is 4.40. The van der Waals surface area contributed by atoms with E-state index in [1.807, 2.05) is 0 Å². The van der Waals surface area contributed by atoms with E-state index in [0.29, 0.717) is 9.75 Å². The fraction of sp³-hybridized carbons (Fsp3) is 0.250. The lowest BCUT2D eigenvalue weighted by Crippen LogP contribution is -2.15. The van der Waals surface area contributed by atoms with E-state index in [0.717, 1.165) is 0 Å². The highest BCUT2D eigenvalue weighted by molar-refractivity contribution is 7.12. The van der Waals surface area contributed by atoms with Crippen LogP contribution in [0.3, 0.4) is 0 Å². The molecule has 5 heteroatoms. The summed E-state index contributed by atoms with van der Waals surface area (Å²) in [7, 11) is 0. The van der Waals surface area contributed by atoms with Crippen molar-refractivity contribution < 1.29 is 14.7 Å². The van der Waals surface area contributed by atoms with E-state index in [1.54, 1.807) is 13.8 Å². The molecule has 0 aromatic carbocycles. The van der Waals surface area contributed by atoms with Gasteiger partial charge in [0.1, 0.15) is 0 Å². The number of thiophene rings is 1. The van der Waals surface area contributed by atoms with Gasteiger partial charge in [-0.05, 0) is 13.8 Å². The number of aromatic carboxylic acids is 1. The third-order valence-electron chi connectivity index (χ3n) is 1.72. The largest absolute Gasteiger partial charge is 0.478 e. The van der Waals surface area contributed by atoms with Gasteiger partial charge in [0.05, 0.1) is 11.1 Å². The molecule has 1 aromatic heterocycles. The van der Waals surface area contributed by atoms with Crippen molar-refractivity contribution in [3.05, 3.63) is 20.9 Å². The molecular weight excluding hydrogens is 190 g/mol. The van der Waals surface area contributed by atoms with Gasteiger partial charge in [-0.15, -0.1) is 11.3 Å². The molecule has 0 aliphatic carbocycles. The van der Waals surface area contributed by atoms with Crippen LogP contribution in [0.1, 0.15) is 30.5 Å². The van der Waals surface area contributed by atoms with E-state index >= 15 is 0 Å². The Morgan fingerprint density at radius 2 is 1.69 bits per heavy atom. The minimum atomic E-state index is -1.10. The Morgan fingerprint density at radius 1 is 1.23 bits per heavy atom. The number of hydrogen-bond acceptors (Lipinski definition) is 3. The second kappa shape index (κ2) is 3.18. The molecule has 0 radical (unpaired) electrons. The first kappa shape index (κ1) is 9.73. The van der Waals surface area contributed by atoms with Crippen molar-refractivity contribution in [1.82, 2.24) is 0 Å². The van der Waals surface area contributed by atoms with Gasteiger partial charge in [0.15, 0.2) is 0 Å². The number of rotatable bonds is 2. The van der Waals surface area contributed by atoms with E-state index in [2.05, 4.69) is 0 Å². The van der Waals surface area contributed by atoms with Crippen molar-refractivity contribution in [2.24, 2.45) is 5.73 Å². The highest BCUT2D eigenvalue weighted by atomic mass is 32.1. The Bertz CT molecular complexity index is 346. The van der Waals surface area contributed by atoms with Crippen LogP contribution in [-0.4, -0.2) is 17.0 Å². The van der Waals surface area contributed by atoms with Gasteiger partial charge in [-0.1, -0.05) is 0 Å². The zero-order valence-electron chi connectivity index (χ0n) is 7.25. The van der Waals surface area contributed by atoms with Crippen LogP contribution in [0.25, 0.3) is 0 Å². The first-order chi connectivity index (χ1) is 5.95. The molecule has 0 aliphatic rings. The van der Waals surface area contributed by atoms with E-state index in [4.69, 9.17) is 10.8 Å². The maximum atomic E-state index is 10.9. The number of nitrogens with two attached hydrogens (primary N) is 1. The second-order valence-corrected chi connectivity index (χ2v) is 4.06. The summed E-state index contributed by atoms with van der Waals surface area (Å²) >= 11 is 1.27. The Balaban J connectivity index is 3.47. The highest BCUT2D eigenvalue weighted by Crippen LogP contribution is 2.26. The standard InChI is InChI=1S/C8H9NO3S/c1-3-5(7(9)10)6(8(11)12)4(2)13-3/h1-2H3,(H2,9,10)(H,11,12). The number of aryl methyl sites for hydroxylation is 2. The summed E-state index contributed by atoms with van der Waals surface area (Å²) in [6, 6.07) is 0. The Kier molecular flexibility index (Phi) is 2.38. The quantitative estimate of drug-likeness (QED) is 0.750. The number of carbonyl (C=O) groups is 2. The predicted octanol–water partition coefficient (Wildman–Crippen LogP) is 1.16. The van der Waals surface area contributed by atoms with Gasteiger partial charge in [0, 0.05) is 9.75 Å². The Labute approximate surface area is 79.0 Å². The van der Waals surface area contributed by atoms with Gasteiger partial charge in [-0.25, -0.2) is 4.79 Å². The Morgan fingerprint density at radius 3 is 2.00 bits per heavy atom. The van der Waals surface area contributed by atoms with Crippen molar-refractivity contribution in [3.63, 3.8) is 0 Å². The maximum absolute atomic E-state index is 10.9. The molecule has 4 nitrogen and oxygen atoms in total. The number of carboxylic acids is 1. The van der Waals surface area contributed by atoms with Crippen LogP contribution in [0, 0.1) is 13.8 Å². The van der Waals surface area contributed by atoms with Crippen LogP contribution in [0.4, 0.5) is 0 Å². The average Bonchev–Trinajstić information content (AvgIpc) is 2.24. The van der Waals surface area contributed by atoms with E-state index in [-0.39, 0.29) is 11.1 Å². The van der Waals surface area contributed by atoms with Gasteiger partial charge in [0.2, 0.25) is 0 Å². The molecule has 0 aliphatic heterocycles.